The molecule has 0 aromatic heterocycles. The first-order valence-corrected chi connectivity index (χ1v) is 6.73. The van der Waals surface area contributed by atoms with Crippen molar-refractivity contribution in [3.05, 3.63) is 35.1 Å². The van der Waals surface area contributed by atoms with Gasteiger partial charge in [0.05, 0.1) is 6.61 Å². The Kier molecular flexibility index (Phi) is 4.66. The predicted molar refractivity (Wildman–Crippen MR) is 73.9 cm³/mol. The maximum absolute atomic E-state index is 13.2. The molecule has 1 saturated carbocycles. The average Bonchev–Trinajstić information content (AvgIpc) is 2.26. The Morgan fingerprint density at radius 1 is 1.44 bits per heavy atom. The smallest absolute Gasteiger partial charge is 0.123 e. The number of rotatable bonds is 6. The van der Waals surface area contributed by atoms with Crippen LogP contribution >= 0.6 is 12.2 Å². The van der Waals surface area contributed by atoms with E-state index in [0.29, 0.717) is 12.2 Å². The summed E-state index contributed by atoms with van der Waals surface area (Å²) in [7, 11) is 0. The minimum absolute atomic E-state index is 0.285. The first-order valence-electron chi connectivity index (χ1n) is 6.33. The van der Waals surface area contributed by atoms with Gasteiger partial charge < -0.3 is 10.5 Å². The fourth-order valence-electron chi connectivity index (χ4n) is 2.14. The third kappa shape index (κ3) is 3.50. The fraction of sp³-hybridized carbons (Fsp3) is 0.500. The third-order valence-corrected chi connectivity index (χ3v) is 3.71. The molecule has 1 aromatic carbocycles. The van der Waals surface area contributed by atoms with E-state index in [-0.39, 0.29) is 10.8 Å². The van der Waals surface area contributed by atoms with Gasteiger partial charge in [-0.05, 0) is 36.1 Å². The number of hydrogen-bond donors (Lipinski definition) is 1. The van der Waals surface area contributed by atoms with E-state index in [1.807, 2.05) is 0 Å². The van der Waals surface area contributed by atoms with Gasteiger partial charge in [-0.2, -0.15) is 0 Å². The quantitative estimate of drug-likeness (QED) is 0.635. The molecule has 0 spiro atoms. The lowest BCUT2D eigenvalue weighted by Gasteiger charge is -2.24. The molecule has 0 unspecified atom stereocenters. The van der Waals surface area contributed by atoms with Gasteiger partial charge in [-0.15, -0.1) is 0 Å². The van der Waals surface area contributed by atoms with Crippen molar-refractivity contribution >= 4 is 17.2 Å². The summed E-state index contributed by atoms with van der Waals surface area (Å²) >= 11 is 4.94. The molecule has 0 radical (unpaired) electrons. The fourth-order valence-corrected chi connectivity index (χ4v) is 2.33. The monoisotopic (exact) mass is 267 g/mol. The summed E-state index contributed by atoms with van der Waals surface area (Å²) < 4.78 is 18.8. The second-order valence-electron chi connectivity index (χ2n) is 4.80. The SMILES string of the molecule is NC(=S)c1ccc(F)cc1COCCC1CCC1. The van der Waals surface area contributed by atoms with Gasteiger partial charge in [0.2, 0.25) is 0 Å². The molecule has 4 heteroatoms. The standard InChI is InChI=1S/C14H18FNOS/c15-12-4-5-13(14(16)18)11(8-12)9-17-7-6-10-2-1-3-10/h4-5,8,10H,1-3,6-7,9H2,(H2,16,18). The van der Waals surface area contributed by atoms with Gasteiger partial charge in [0.1, 0.15) is 10.8 Å². The van der Waals surface area contributed by atoms with Crippen molar-refractivity contribution in [2.45, 2.75) is 32.3 Å². The Labute approximate surface area is 112 Å². The number of nitrogens with two attached hydrogens (primary N) is 1. The van der Waals surface area contributed by atoms with Crippen LogP contribution in [0.2, 0.25) is 0 Å². The van der Waals surface area contributed by atoms with Gasteiger partial charge in [0.15, 0.2) is 0 Å². The molecule has 0 heterocycles. The molecule has 0 saturated heterocycles. The van der Waals surface area contributed by atoms with Crippen LogP contribution in [0.1, 0.15) is 36.8 Å². The van der Waals surface area contributed by atoms with Crippen LogP contribution in [0.25, 0.3) is 0 Å². The molecule has 1 fully saturated rings. The van der Waals surface area contributed by atoms with E-state index in [4.69, 9.17) is 22.7 Å². The lowest BCUT2D eigenvalue weighted by Crippen LogP contribution is -2.15. The summed E-state index contributed by atoms with van der Waals surface area (Å²) in [5, 5.41) is 0. The van der Waals surface area contributed by atoms with Crippen molar-refractivity contribution in [2.75, 3.05) is 6.61 Å². The lowest BCUT2D eigenvalue weighted by atomic mass is 9.83. The van der Waals surface area contributed by atoms with Crippen LogP contribution in [-0.4, -0.2) is 11.6 Å². The predicted octanol–water partition coefficient (Wildman–Crippen LogP) is 3.17. The molecule has 2 rings (SSSR count). The molecular formula is C14H18FNOS. The second kappa shape index (κ2) is 6.25. The Bertz CT molecular complexity index is 432. The Morgan fingerprint density at radius 2 is 2.22 bits per heavy atom. The van der Waals surface area contributed by atoms with Gasteiger partial charge in [-0.1, -0.05) is 31.5 Å². The zero-order valence-corrected chi connectivity index (χ0v) is 11.1. The van der Waals surface area contributed by atoms with Crippen LogP contribution in [0, 0.1) is 11.7 Å². The zero-order chi connectivity index (χ0) is 13.0. The molecule has 98 valence electrons. The Hall–Kier alpha value is -1.00. The van der Waals surface area contributed by atoms with Crippen molar-refractivity contribution in [1.29, 1.82) is 0 Å². The number of hydrogen-bond acceptors (Lipinski definition) is 2. The number of ether oxygens (including phenoxy) is 1. The van der Waals surface area contributed by atoms with E-state index in [1.54, 1.807) is 6.07 Å². The molecular weight excluding hydrogens is 249 g/mol. The summed E-state index contributed by atoms with van der Waals surface area (Å²) in [6, 6.07) is 4.42. The minimum atomic E-state index is -0.285. The highest BCUT2D eigenvalue weighted by atomic mass is 32.1. The Balaban J connectivity index is 1.86. The highest BCUT2D eigenvalue weighted by molar-refractivity contribution is 7.80. The first kappa shape index (κ1) is 13.4. The van der Waals surface area contributed by atoms with Crippen LogP contribution in [0.3, 0.4) is 0 Å². The van der Waals surface area contributed by atoms with Crippen LogP contribution in [0.15, 0.2) is 18.2 Å². The van der Waals surface area contributed by atoms with Gasteiger partial charge in [-0.25, -0.2) is 4.39 Å². The maximum Gasteiger partial charge on any atom is 0.123 e. The van der Waals surface area contributed by atoms with Crippen LogP contribution in [-0.2, 0) is 11.3 Å². The maximum atomic E-state index is 13.2. The van der Waals surface area contributed by atoms with E-state index in [0.717, 1.165) is 24.5 Å². The molecule has 0 bridgehead atoms. The van der Waals surface area contributed by atoms with Crippen molar-refractivity contribution in [3.63, 3.8) is 0 Å². The molecule has 1 aromatic rings. The van der Waals surface area contributed by atoms with E-state index in [2.05, 4.69) is 0 Å². The molecule has 2 nitrogen and oxygen atoms in total. The summed E-state index contributed by atoms with van der Waals surface area (Å²) in [6.07, 6.45) is 5.08. The summed E-state index contributed by atoms with van der Waals surface area (Å²) in [4.78, 5) is 0.285. The minimum Gasteiger partial charge on any atom is -0.389 e. The van der Waals surface area contributed by atoms with Crippen LogP contribution in [0.5, 0.6) is 0 Å². The van der Waals surface area contributed by atoms with Gasteiger partial charge in [-0.3, -0.25) is 0 Å². The summed E-state index contributed by atoms with van der Waals surface area (Å²) in [5.41, 5.74) is 7.04. The van der Waals surface area contributed by atoms with Crippen LogP contribution < -0.4 is 5.73 Å². The third-order valence-electron chi connectivity index (χ3n) is 3.49. The summed E-state index contributed by atoms with van der Waals surface area (Å²) in [6.45, 7) is 1.09. The molecule has 0 atom stereocenters. The van der Waals surface area contributed by atoms with E-state index < -0.39 is 0 Å². The molecule has 0 aliphatic heterocycles. The summed E-state index contributed by atoms with van der Waals surface area (Å²) in [5.74, 6) is 0.542. The van der Waals surface area contributed by atoms with Crippen molar-refractivity contribution in [3.8, 4) is 0 Å². The average molecular weight is 267 g/mol. The number of halogens is 1. The highest BCUT2D eigenvalue weighted by Gasteiger charge is 2.16. The van der Waals surface area contributed by atoms with Gasteiger partial charge >= 0.3 is 0 Å². The van der Waals surface area contributed by atoms with E-state index in [1.165, 1.54) is 31.4 Å². The highest BCUT2D eigenvalue weighted by Crippen LogP contribution is 2.29. The van der Waals surface area contributed by atoms with Crippen molar-refractivity contribution < 1.29 is 9.13 Å². The largest absolute Gasteiger partial charge is 0.389 e. The lowest BCUT2D eigenvalue weighted by molar-refractivity contribution is 0.0947. The molecule has 0 amide bonds. The Morgan fingerprint density at radius 3 is 2.83 bits per heavy atom. The van der Waals surface area contributed by atoms with Crippen molar-refractivity contribution in [2.24, 2.45) is 11.7 Å². The van der Waals surface area contributed by atoms with Crippen molar-refractivity contribution in [1.82, 2.24) is 0 Å². The zero-order valence-electron chi connectivity index (χ0n) is 10.3. The molecule has 1 aliphatic rings. The van der Waals surface area contributed by atoms with Gasteiger partial charge in [0, 0.05) is 12.2 Å². The van der Waals surface area contributed by atoms with E-state index in [9.17, 15) is 4.39 Å². The van der Waals surface area contributed by atoms with Crippen LogP contribution in [0.4, 0.5) is 4.39 Å². The van der Waals surface area contributed by atoms with E-state index >= 15 is 0 Å². The molecule has 2 N–H and O–H groups in total. The normalized spacial score (nSPS) is 15.4. The first-order chi connectivity index (χ1) is 8.66. The second-order valence-corrected chi connectivity index (χ2v) is 5.24. The number of thiocarbonyl (C=S) groups is 1. The topological polar surface area (TPSA) is 35.2 Å². The molecule has 18 heavy (non-hydrogen) atoms. The molecule has 1 aliphatic carbocycles. The number of benzene rings is 1. The van der Waals surface area contributed by atoms with Gasteiger partial charge in [0.25, 0.3) is 0 Å².